The Morgan fingerprint density at radius 2 is 1.89 bits per heavy atom. The zero-order valence-electron chi connectivity index (χ0n) is 9.77. The Morgan fingerprint density at radius 3 is 2.61 bits per heavy atom. The SMILES string of the molecule is N#Cc1cc(Cl)ccc1OCCc1ccccc1. The molecule has 3 heteroatoms. The third-order valence-electron chi connectivity index (χ3n) is 2.55. The summed E-state index contributed by atoms with van der Waals surface area (Å²) in [6.45, 7) is 0.542. The van der Waals surface area contributed by atoms with Crippen LogP contribution in [-0.4, -0.2) is 6.61 Å². The highest BCUT2D eigenvalue weighted by molar-refractivity contribution is 6.30. The average Bonchev–Trinajstić information content (AvgIpc) is 2.41. The number of benzene rings is 2. The third-order valence-corrected chi connectivity index (χ3v) is 2.79. The largest absolute Gasteiger partial charge is 0.492 e. The molecule has 0 aliphatic heterocycles. The lowest BCUT2D eigenvalue weighted by atomic mass is 10.2. The minimum Gasteiger partial charge on any atom is -0.492 e. The van der Waals surface area contributed by atoms with Gasteiger partial charge in [-0.3, -0.25) is 0 Å². The molecule has 0 bridgehead atoms. The third kappa shape index (κ3) is 3.26. The van der Waals surface area contributed by atoms with Crippen LogP contribution < -0.4 is 4.74 Å². The Labute approximate surface area is 111 Å². The summed E-state index contributed by atoms with van der Waals surface area (Å²) in [5.74, 6) is 0.581. The number of ether oxygens (including phenoxy) is 1. The first-order chi connectivity index (χ1) is 8.79. The number of hydrogen-bond acceptors (Lipinski definition) is 2. The fraction of sp³-hybridized carbons (Fsp3) is 0.133. The van der Waals surface area contributed by atoms with E-state index in [1.165, 1.54) is 5.56 Å². The van der Waals surface area contributed by atoms with Gasteiger partial charge in [-0.15, -0.1) is 0 Å². The lowest BCUT2D eigenvalue weighted by molar-refractivity contribution is 0.321. The van der Waals surface area contributed by atoms with Crippen LogP contribution in [-0.2, 0) is 6.42 Å². The summed E-state index contributed by atoms with van der Waals surface area (Å²) in [6, 6.07) is 17.2. The van der Waals surface area contributed by atoms with Crippen molar-refractivity contribution in [1.82, 2.24) is 0 Å². The average molecular weight is 258 g/mol. The monoisotopic (exact) mass is 257 g/mol. The van der Waals surface area contributed by atoms with Gasteiger partial charge in [0.15, 0.2) is 0 Å². The standard InChI is InChI=1S/C15H12ClNO/c16-14-6-7-15(13(10-14)11-17)18-9-8-12-4-2-1-3-5-12/h1-7,10H,8-9H2. The molecular formula is C15H12ClNO. The van der Waals surface area contributed by atoms with Gasteiger partial charge in [-0.1, -0.05) is 41.9 Å². The fourth-order valence-electron chi connectivity index (χ4n) is 1.64. The van der Waals surface area contributed by atoms with Gasteiger partial charge in [0.05, 0.1) is 12.2 Å². The van der Waals surface area contributed by atoms with E-state index in [9.17, 15) is 0 Å². The Bertz CT molecular complexity index is 560. The summed E-state index contributed by atoms with van der Waals surface area (Å²) in [5, 5.41) is 9.51. The first-order valence-electron chi connectivity index (χ1n) is 5.66. The van der Waals surface area contributed by atoms with Crippen LogP contribution in [0.25, 0.3) is 0 Å². The normalized spacial score (nSPS) is 9.78. The van der Waals surface area contributed by atoms with Gasteiger partial charge in [-0.2, -0.15) is 5.26 Å². The van der Waals surface area contributed by atoms with E-state index in [2.05, 4.69) is 18.2 Å². The van der Waals surface area contributed by atoms with Crippen molar-refractivity contribution in [1.29, 1.82) is 5.26 Å². The highest BCUT2D eigenvalue weighted by Crippen LogP contribution is 2.22. The van der Waals surface area contributed by atoms with Gasteiger partial charge in [-0.25, -0.2) is 0 Å². The molecule has 0 N–H and O–H groups in total. The topological polar surface area (TPSA) is 33.0 Å². The minimum absolute atomic E-state index is 0.468. The van der Waals surface area contributed by atoms with Crippen molar-refractivity contribution >= 4 is 11.6 Å². The lowest BCUT2D eigenvalue weighted by Crippen LogP contribution is -2.02. The van der Waals surface area contributed by atoms with E-state index in [1.807, 2.05) is 18.2 Å². The van der Waals surface area contributed by atoms with Crippen molar-refractivity contribution in [3.63, 3.8) is 0 Å². The van der Waals surface area contributed by atoms with E-state index in [0.29, 0.717) is 22.9 Å². The van der Waals surface area contributed by atoms with E-state index >= 15 is 0 Å². The van der Waals surface area contributed by atoms with Crippen molar-refractivity contribution < 1.29 is 4.74 Å². The molecule has 18 heavy (non-hydrogen) atoms. The number of halogens is 1. The molecule has 2 aromatic carbocycles. The second kappa shape index (κ2) is 6.09. The minimum atomic E-state index is 0.468. The van der Waals surface area contributed by atoms with E-state index < -0.39 is 0 Å². The number of rotatable bonds is 4. The van der Waals surface area contributed by atoms with Gasteiger partial charge < -0.3 is 4.74 Å². The first-order valence-corrected chi connectivity index (χ1v) is 6.04. The number of hydrogen-bond donors (Lipinski definition) is 0. The van der Waals surface area contributed by atoms with Gasteiger partial charge in [0.1, 0.15) is 11.8 Å². The maximum atomic E-state index is 8.97. The van der Waals surface area contributed by atoms with Crippen molar-refractivity contribution in [2.75, 3.05) is 6.61 Å². The van der Waals surface area contributed by atoms with Gasteiger partial charge in [0.2, 0.25) is 0 Å². The van der Waals surface area contributed by atoms with Crippen LogP contribution in [0, 0.1) is 11.3 Å². The predicted octanol–water partition coefficient (Wildman–Crippen LogP) is 3.83. The Balaban J connectivity index is 1.97. The van der Waals surface area contributed by atoms with Crippen molar-refractivity contribution in [3.05, 3.63) is 64.7 Å². The van der Waals surface area contributed by atoms with E-state index in [-0.39, 0.29) is 0 Å². The lowest BCUT2D eigenvalue weighted by Gasteiger charge is -2.08. The molecule has 0 spiro atoms. The summed E-state index contributed by atoms with van der Waals surface area (Å²) in [6.07, 6.45) is 0.814. The molecule has 90 valence electrons. The summed E-state index contributed by atoms with van der Waals surface area (Å²) in [7, 11) is 0. The maximum Gasteiger partial charge on any atom is 0.137 e. The highest BCUT2D eigenvalue weighted by atomic mass is 35.5. The zero-order valence-corrected chi connectivity index (χ0v) is 10.5. The molecule has 0 atom stereocenters. The van der Waals surface area contributed by atoms with Crippen LogP contribution in [0.5, 0.6) is 5.75 Å². The quantitative estimate of drug-likeness (QED) is 0.834. The molecule has 0 amide bonds. The molecule has 2 nitrogen and oxygen atoms in total. The molecule has 0 fully saturated rings. The smallest absolute Gasteiger partial charge is 0.137 e. The molecule has 0 aliphatic carbocycles. The van der Waals surface area contributed by atoms with Crippen LogP contribution in [0.4, 0.5) is 0 Å². The van der Waals surface area contributed by atoms with Crippen LogP contribution >= 0.6 is 11.6 Å². The summed E-state index contributed by atoms with van der Waals surface area (Å²) in [4.78, 5) is 0. The maximum absolute atomic E-state index is 8.97. The Kier molecular flexibility index (Phi) is 4.22. The molecule has 0 heterocycles. The van der Waals surface area contributed by atoms with Crippen molar-refractivity contribution in [2.24, 2.45) is 0 Å². The van der Waals surface area contributed by atoms with Gasteiger partial charge in [0, 0.05) is 11.4 Å². The second-order valence-electron chi connectivity index (χ2n) is 3.84. The molecule has 0 unspecified atom stereocenters. The first kappa shape index (κ1) is 12.5. The molecule has 0 saturated heterocycles. The number of nitrogens with zero attached hydrogens (tertiary/aromatic N) is 1. The molecule has 0 aromatic heterocycles. The van der Waals surface area contributed by atoms with Crippen LogP contribution in [0.15, 0.2) is 48.5 Å². The van der Waals surface area contributed by atoms with E-state index in [0.717, 1.165) is 6.42 Å². The Morgan fingerprint density at radius 1 is 1.11 bits per heavy atom. The second-order valence-corrected chi connectivity index (χ2v) is 4.27. The summed E-state index contributed by atoms with van der Waals surface area (Å²) >= 11 is 5.82. The number of nitriles is 1. The van der Waals surface area contributed by atoms with Crippen LogP contribution in [0.2, 0.25) is 5.02 Å². The van der Waals surface area contributed by atoms with E-state index in [1.54, 1.807) is 18.2 Å². The summed E-state index contributed by atoms with van der Waals surface area (Å²) < 4.78 is 5.61. The molecular weight excluding hydrogens is 246 g/mol. The highest BCUT2D eigenvalue weighted by Gasteiger charge is 2.03. The Hall–Kier alpha value is -1.98. The molecule has 0 radical (unpaired) electrons. The molecule has 2 rings (SSSR count). The zero-order chi connectivity index (χ0) is 12.8. The molecule has 0 saturated carbocycles. The van der Waals surface area contributed by atoms with Gasteiger partial charge in [-0.05, 0) is 23.8 Å². The van der Waals surface area contributed by atoms with Gasteiger partial charge >= 0.3 is 0 Å². The van der Waals surface area contributed by atoms with E-state index in [4.69, 9.17) is 21.6 Å². The summed E-state index contributed by atoms with van der Waals surface area (Å²) in [5.41, 5.74) is 1.68. The molecule has 0 aliphatic rings. The molecule has 2 aromatic rings. The van der Waals surface area contributed by atoms with Crippen molar-refractivity contribution in [2.45, 2.75) is 6.42 Å². The van der Waals surface area contributed by atoms with Crippen LogP contribution in [0.1, 0.15) is 11.1 Å². The van der Waals surface area contributed by atoms with Gasteiger partial charge in [0.25, 0.3) is 0 Å². The van der Waals surface area contributed by atoms with Crippen molar-refractivity contribution in [3.8, 4) is 11.8 Å². The van der Waals surface area contributed by atoms with Crippen LogP contribution in [0.3, 0.4) is 0 Å². The fourth-order valence-corrected chi connectivity index (χ4v) is 1.81. The predicted molar refractivity (Wildman–Crippen MR) is 71.8 cm³/mol.